The molecule has 0 saturated carbocycles. The Hall–Kier alpha value is -0.650. The second kappa shape index (κ2) is 9.32. The normalized spacial score (nSPS) is 19.7. The number of aliphatic carboxylic acids is 1. The molecule has 0 radical (unpaired) electrons. The van der Waals surface area contributed by atoms with E-state index in [4.69, 9.17) is 9.47 Å². The molecule has 1 unspecified atom stereocenters. The van der Waals surface area contributed by atoms with Crippen LogP contribution >= 0.6 is 0 Å². The van der Waals surface area contributed by atoms with Crippen molar-refractivity contribution < 1.29 is 19.4 Å². The number of carboxylic acid groups (broad SMARTS) is 1. The third-order valence-electron chi connectivity index (χ3n) is 3.95. The molecule has 1 saturated heterocycles. The molecule has 2 N–H and O–H groups in total. The molecule has 0 aromatic heterocycles. The van der Waals surface area contributed by atoms with Gasteiger partial charge in [0.05, 0.1) is 0 Å². The number of carbonyl (C=O) groups is 1. The molecule has 1 atom stereocenters. The van der Waals surface area contributed by atoms with Crippen LogP contribution in [0, 0.1) is 5.92 Å². The number of rotatable bonds is 10. The molecule has 5 heteroatoms. The molecule has 0 bridgehead atoms. The van der Waals surface area contributed by atoms with Gasteiger partial charge in [0.1, 0.15) is 5.54 Å². The third-order valence-corrected chi connectivity index (χ3v) is 3.95. The molecule has 1 fully saturated rings. The Bertz CT molecular complexity index is 279. The molecule has 0 aromatic rings. The molecule has 0 aromatic carbocycles. The van der Waals surface area contributed by atoms with E-state index < -0.39 is 11.5 Å². The molecule has 0 aliphatic carbocycles. The highest BCUT2D eigenvalue weighted by atomic mass is 16.5. The largest absolute Gasteiger partial charge is 0.480 e. The predicted molar refractivity (Wildman–Crippen MR) is 77.9 cm³/mol. The van der Waals surface area contributed by atoms with Gasteiger partial charge < -0.3 is 19.9 Å². The SMILES string of the molecule is CCNC(C)(CCCCOCC1CCOCC1)C(=O)O. The standard InChI is InChI=1S/C15H29NO4/c1-3-16-15(2,14(17)18)8-4-5-9-20-12-13-6-10-19-11-7-13/h13,16H,3-12H2,1-2H3,(H,17,18). The minimum absolute atomic E-state index is 0.634. The van der Waals surface area contributed by atoms with E-state index >= 15 is 0 Å². The molecular weight excluding hydrogens is 258 g/mol. The Morgan fingerprint density at radius 1 is 1.40 bits per heavy atom. The van der Waals surface area contributed by atoms with E-state index in [9.17, 15) is 9.90 Å². The van der Waals surface area contributed by atoms with E-state index in [0.29, 0.717) is 18.9 Å². The number of hydrogen-bond donors (Lipinski definition) is 2. The minimum atomic E-state index is -0.810. The lowest BCUT2D eigenvalue weighted by atomic mass is 9.95. The minimum Gasteiger partial charge on any atom is -0.480 e. The number of hydrogen-bond acceptors (Lipinski definition) is 4. The van der Waals surface area contributed by atoms with Crippen LogP contribution in [-0.4, -0.2) is 49.6 Å². The molecule has 118 valence electrons. The average Bonchev–Trinajstić information content (AvgIpc) is 2.44. The second-order valence-corrected chi connectivity index (χ2v) is 5.76. The van der Waals surface area contributed by atoms with Crippen LogP contribution in [0.2, 0.25) is 0 Å². The molecule has 1 aliphatic rings. The van der Waals surface area contributed by atoms with E-state index in [1.54, 1.807) is 6.92 Å². The lowest BCUT2D eigenvalue weighted by Crippen LogP contribution is -2.49. The highest BCUT2D eigenvalue weighted by Gasteiger charge is 2.30. The van der Waals surface area contributed by atoms with Gasteiger partial charge in [0, 0.05) is 26.4 Å². The first-order chi connectivity index (χ1) is 9.58. The maximum atomic E-state index is 11.2. The van der Waals surface area contributed by atoms with E-state index in [1.807, 2.05) is 6.92 Å². The van der Waals surface area contributed by atoms with Crippen LogP contribution < -0.4 is 5.32 Å². The van der Waals surface area contributed by atoms with Crippen LogP contribution in [0.25, 0.3) is 0 Å². The van der Waals surface area contributed by atoms with Gasteiger partial charge in [-0.3, -0.25) is 4.79 Å². The third kappa shape index (κ3) is 6.20. The molecule has 0 spiro atoms. The summed E-state index contributed by atoms with van der Waals surface area (Å²) in [4.78, 5) is 11.2. The summed E-state index contributed by atoms with van der Waals surface area (Å²) in [6, 6.07) is 0. The van der Waals surface area contributed by atoms with Gasteiger partial charge in [0.15, 0.2) is 0 Å². The second-order valence-electron chi connectivity index (χ2n) is 5.76. The average molecular weight is 287 g/mol. The fourth-order valence-electron chi connectivity index (χ4n) is 2.51. The Labute approximate surface area is 122 Å². The number of ether oxygens (including phenoxy) is 2. The smallest absolute Gasteiger partial charge is 0.323 e. The van der Waals surface area contributed by atoms with E-state index in [2.05, 4.69) is 5.32 Å². The lowest BCUT2D eigenvalue weighted by molar-refractivity contribution is -0.144. The number of nitrogens with one attached hydrogen (secondary N) is 1. The Balaban J connectivity index is 2.06. The summed E-state index contributed by atoms with van der Waals surface area (Å²) in [5.74, 6) is -0.141. The molecule has 0 amide bonds. The van der Waals surface area contributed by atoms with Crippen molar-refractivity contribution in [3.8, 4) is 0 Å². The van der Waals surface area contributed by atoms with E-state index in [1.165, 1.54) is 0 Å². The van der Waals surface area contributed by atoms with Crippen molar-refractivity contribution in [2.24, 2.45) is 5.92 Å². The summed E-state index contributed by atoms with van der Waals surface area (Å²) in [5.41, 5.74) is -0.810. The van der Waals surface area contributed by atoms with Gasteiger partial charge in [-0.25, -0.2) is 0 Å². The molecule has 5 nitrogen and oxygen atoms in total. The maximum absolute atomic E-state index is 11.2. The Morgan fingerprint density at radius 2 is 2.10 bits per heavy atom. The first-order valence-corrected chi connectivity index (χ1v) is 7.72. The Kier molecular flexibility index (Phi) is 8.11. The van der Waals surface area contributed by atoms with Crippen molar-refractivity contribution in [3.05, 3.63) is 0 Å². The van der Waals surface area contributed by atoms with Crippen LogP contribution in [-0.2, 0) is 14.3 Å². The van der Waals surface area contributed by atoms with Gasteiger partial charge >= 0.3 is 5.97 Å². The predicted octanol–water partition coefficient (Wildman–Crippen LogP) is 2.05. The van der Waals surface area contributed by atoms with Crippen molar-refractivity contribution in [3.63, 3.8) is 0 Å². The lowest BCUT2D eigenvalue weighted by Gasteiger charge is -2.25. The van der Waals surface area contributed by atoms with Crippen molar-refractivity contribution >= 4 is 5.97 Å². The zero-order valence-electron chi connectivity index (χ0n) is 12.8. The van der Waals surface area contributed by atoms with E-state index in [-0.39, 0.29) is 0 Å². The highest BCUT2D eigenvalue weighted by molar-refractivity contribution is 5.78. The zero-order valence-corrected chi connectivity index (χ0v) is 12.8. The monoisotopic (exact) mass is 287 g/mol. The summed E-state index contributed by atoms with van der Waals surface area (Å²) >= 11 is 0. The quantitative estimate of drug-likeness (QED) is 0.602. The fraction of sp³-hybridized carbons (Fsp3) is 0.933. The maximum Gasteiger partial charge on any atom is 0.323 e. The summed E-state index contributed by atoms with van der Waals surface area (Å²) in [6.45, 7) is 7.59. The molecule has 1 aliphatic heterocycles. The van der Waals surface area contributed by atoms with Crippen LogP contribution in [0.5, 0.6) is 0 Å². The highest BCUT2D eigenvalue weighted by Crippen LogP contribution is 2.16. The van der Waals surface area contributed by atoms with Crippen LogP contribution in [0.15, 0.2) is 0 Å². The van der Waals surface area contributed by atoms with Crippen LogP contribution in [0.4, 0.5) is 0 Å². The van der Waals surface area contributed by atoms with Gasteiger partial charge in [0.25, 0.3) is 0 Å². The van der Waals surface area contributed by atoms with Crippen molar-refractivity contribution in [1.29, 1.82) is 0 Å². The van der Waals surface area contributed by atoms with Gasteiger partial charge in [-0.1, -0.05) is 6.92 Å². The number of carboxylic acids is 1. The van der Waals surface area contributed by atoms with E-state index in [0.717, 1.165) is 52.1 Å². The van der Waals surface area contributed by atoms with Crippen molar-refractivity contribution in [1.82, 2.24) is 5.32 Å². The molecular formula is C15H29NO4. The first kappa shape index (κ1) is 17.4. The molecule has 20 heavy (non-hydrogen) atoms. The summed E-state index contributed by atoms with van der Waals surface area (Å²) in [6.07, 6.45) is 4.60. The number of unbranched alkanes of at least 4 members (excludes halogenated alkanes) is 1. The zero-order chi connectivity index (χ0) is 14.8. The van der Waals surface area contributed by atoms with Gasteiger partial charge in [-0.05, 0) is 51.5 Å². The van der Waals surface area contributed by atoms with Crippen LogP contribution in [0.1, 0.15) is 46.0 Å². The number of likely N-dealkylation sites (N-methyl/N-ethyl adjacent to an activating group) is 1. The summed E-state index contributed by atoms with van der Waals surface area (Å²) < 4.78 is 11.0. The Morgan fingerprint density at radius 3 is 2.70 bits per heavy atom. The fourth-order valence-corrected chi connectivity index (χ4v) is 2.51. The van der Waals surface area contributed by atoms with Crippen molar-refractivity contribution in [2.75, 3.05) is 33.0 Å². The molecule has 1 heterocycles. The van der Waals surface area contributed by atoms with Gasteiger partial charge in [0.2, 0.25) is 0 Å². The first-order valence-electron chi connectivity index (χ1n) is 7.72. The topological polar surface area (TPSA) is 67.8 Å². The van der Waals surface area contributed by atoms with Crippen molar-refractivity contribution in [2.45, 2.75) is 51.5 Å². The van der Waals surface area contributed by atoms with Gasteiger partial charge in [-0.15, -0.1) is 0 Å². The molecule has 1 rings (SSSR count). The van der Waals surface area contributed by atoms with Gasteiger partial charge in [-0.2, -0.15) is 0 Å². The summed E-state index contributed by atoms with van der Waals surface area (Å²) in [5, 5.41) is 12.3. The summed E-state index contributed by atoms with van der Waals surface area (Å²) in [7, 11) is 0. The van der Waals surface area contributed by atoms with Crippen LogP contribution in [0.3, 0.4) is 0 Å².